The van der Waals surface area contributed by atoms with E-state index in [1.807, 2.05) is 27.7 Å². The van der Waals surface area contributed by atoms with E-state index in [0.717, 1.165) is 0 Å². The van der Waals surface area contributed by atoms with Crippen molar-refractivity contribution in [1.29, 1.82) is 0 Å². The summed E-state index contributed by atoms with van der Waals surface area (Å²) in [6.07, 6.45) is 0. The van der Waals surface area contributed by atoms with Crippen LogP contribution in [0, 0.1) is 5.82 Å². The topological polar surface area (TPSA) is 66.3 Å². The number of hydrogen-bond acceptors (Lipinski definition) is 4. The number of aromatic nitrogens is 2. The predicted molar refractivity (Wildman–Crippen MR) is 90.4 cm³/mol. The Kier molecular flexibility index (Phi) is 5.49. The molecule has 0 unspecified atom stereocenters. The molecule has 0 atom stereocenters. The molecular formula is C18H22FN3O2. The SMILES string of the molecule is CCN(CC)C(=O)c1c(-c2ccc(F)cc2)nc(O)nc1C(C)C. The monoisotopic (exact) mass is 331 g/mol. The van der Waals surface area contributed by atoms with Gasteiger partial charge in [-0.3, -0.25) is 4.79 Å². The number of benzene rings is 1. The molecule has 5 nitrogen and oxygen atoms in total. The van der Waals surface area contributed by atoms with Gasteiger partial charge in [0, 0.05) is 18.7 Å². The first-order valence-corrected chi connectivity index (χ1v) is 8.05. The van der Waals surface area contributed by atoms with Gasteiger partial charge >= 0.3 is 6.01 Å². The summed E-state index contributed by atoms with van der Waals surface area (Å²) in [5.41, 5.74) is 1.73. The lowest BCUT2D eigenvalue weighted by Crippen LogP contribution is -2.32. The molecule has 1 heterocycles. The van der Waals surface area contributed by atoms with Crippen LogP contribution in [0.3, 0.4) is 0 Å². The van der Waals surface area contributed by atoms with Crippen LogP contribution in [0.4, 0.5) is 4.39 Å². The molecule has 1 amide bonds. The fraction of sp³-hybridized carbons (Fsp3) is 0.389. The van der Waals surface area contributed by atoms with E-state index in [1.165, 1.54) is 12.1 Å². The number of nitrogens with zero attached hydrogens (tertiary/aromatic N) is 3. The van der Waals surface area contributed by atoms with Gasteiger partial charge in [0.25, 0.3) is 5.91 Å². The average molecular weight is 331 g/mol. The van der Waals surface area contributed by atoms with Crippen LogP contribution in [0.2, 0.25) is 0 Å². The number of halogens is 1. The molecule has 0 saturated carbocycles. The number of rotatable bonds is 5. The molecule has 0 spiro atoms. The molecule has 0 bridgehead atoms. The molecule has 0 aliphatic rings. The maximum absolute atomic E-state index is 13.2. The highest BCUT2D eigenvalue weighted by Gasteiger charge is 2.26. The van der Waals surface area contributed by atoms with Gasteiger partial charge in [-0.2, -0.15) is 9.97 Å². The molecule has 1 N–H and O–H groups in total. The molecule has 128 valence electrons. The minimum Gasteiger partial charge on any atom is -0.479 e. The van der Waals surface area contributed by atoms with Gasteiger partial charge in [0.1, 0.15) is 5.82 Å². The minimum atomic E-state index is -0.394. The summed E-state index contributed by atoms with van der Waals surface area (Å²) >= 11 is 0. The second kappa shape index (κ2) is 7.38. The second-order valence-electron chi connectivity index (χ2n) is 5.77. The summed E-state index contributed by atoms with van der Waals surface area (Å²) < 4.78 is 13.2. The molecule has 2 aromatic rings. The largest absolute Gasteiger partial charge is 0.479 e. The third kappa shape index (κ3) is 3.53. The van der Waals surface area contributed by atoms with Crippen molar-refractivity contribution in [2.75, 3.05) is 13.1 Å². The molecular weight excluding hydrogens is 309 g/mol. The van der Waals surface area contributed by atoms with Crippen LogP contribution in [0.1, 0.15) is 49.7 Å². The minimum absolute atomic E-state index is 0.0763. The van der Waals surface area contributed by atoms with Gasteiger partial charge in [-0.05, 0) is 44.0 Å². The molecule has 1 aromatic carbocycles. The van der Waals surface area contributed by atoms with Crippen molar-refractivity contribution >= 4 is 5.91 Å². The Morgan fingerprint density at radius 3 is 2.25 bits per heavy atom. The van der Waals surface area contributed by atoms with Gasteiger partial charge in [0.15, 0.2) is 0 Å². The third-order valence-electron chi connectivity index (χ3n) is 3.85. The van der Waals surface area contributed by atoms with Crippen molar-refractivity contribution < 1.29 is 14.3 Å². The van der Waals surface area contributed by atoms with E-state index in [2.05, 4.69) is 9.97 Å². The van der Waals surface area contributed by atoms with Crippen molar-refractivity contribution in [3.63, 3.8) is 0 Å². The number of carbonyl (C=O) groups is 1. The lowest BCUT2D eigenvalue weighted by Gasteiger charge is -2.23. The van der Waals surface area contributed by atoms with Gasteiger partial charge in [-0.1, -0.05) is 13.8 Å². The van der Waals surface area contributed by atoms with Crippen molar-refractivity contribution in [3.8, 4) is 17.3 Å². The number of carbonyl (C=O) groups excluding carboxylic acids is 1. The summed E-state index contributed by atoms with van der Waals surface area (Å²) in [6.45, 7) is 8.70. The lowest BCUT2D eigenvalue weighted by atomic mass is 9.97. The Morgan fingerprint density at radius 1 is 1.17 bits per heavy atom. The Labute approximate surface area is 141 Å². The molecule has 6 heteroatoms. The Hall–Kier alpha value is -2.50. The van der Waals surface area contributed by atoms with Gasteiger partial charge in [0.2, 0.25) is 0 Å². The van der Waals surface area contributed by atoms with E-state index < -0.39 is 6.01 Å². The molecule has 1 aromatic heterocycles. The van der Waals surface area contributed by atoms with E-state index in [-0.39, 0.29) is 17.6 Å². The molecule has 0 radical (unpaired) electrons. The summed E-state index contributed by atoms with van der Waals surface area (Å²) in [6, 6.07) is 5.29. The molecule has 0 aliphatic carbocycles. The zero-order valence-electron chi connectivity index (χ0n) is 14.4. The van der Waals surface area contributed by atoms with E-state index in [4.69, 9.17) is 0 Å². The Bertz CT molecular complexity index is 726. The number of aromatic hydroxyl groups is 1. The summed E-state index contributed by atoms with van der Waals surface area (Å²) in [7, 11) is 0. The van der Waals surface area contributed by atoms with Gasteiger partial charge in [-0.25, -0.2) is 4.39 Å². The average Bonchev–Trinajstić information content (AvgIpc) is 2.55. The predicted octanol–water partition coefficient (Wildman–Crippen LogP) is 3.59. The first-order chi connectivity index (χ1) is 11.4. The van der Waals surface area contributed by atoms with E-state index >= 15 is 0 Å². The summed E-state index contributed by atoms with van der Waals surface area (Å²) in [4.78, 5) is 22.8. The fourth-order valence-corrected chi connectivity index (χ4v) is 2.58. The van der Waals surface area contributed by atoms with Crippen LogP contribution in [0.5, 0.6) is 6.01 Å². The zero-order valence-corrected chi connectivity index (χ0v) is 14.4. The van der Waals surface area contributed by atoms with Crippen molar-refractivity contribution in [3.05, 3.63) is 41.3 Å². The molecule has 2 rings (SSSR count). The van der Waals surface area contributed by atoms with Crippen LogP contribution in [-0.4, -0.2) is 39.0 Å². The number of hydrogen-bond donors (Lipinski definition) is 1. The highest BCUT2D eigenvalue weighted by Crippen LogP contribution is 2.30. The zero-order chi connectivity index (χ0) is 17.9. The highest BCUT2D eigenvalue weighted by molar-refractivity contribution is 6.01. The van der Waals surface area contributed by atoms with E-state index in [9.17, 15) is 14.3 Å². The lowest BCUT2D eigenvalue weighted by molar-refractivity contribution is 0.0771. The van der Waals surface area contributed by atoms with Crippen molar-refractivity contribution in [2.24, 2.45) is 0 Å². The first kappa shape index (κ1) is 17.8. The molecule has 24 heavy (non-hydrogen) atoms. The highest BCUT2D eigenvalue weighted by atomic mass is 19.1. The molecule has 0 fully saturated rings. The quantitative estimate of drug-likeness (QED) is 0.909. The van der Waals surface area contributed by atoms with Crippen LogP contribution in [0.25, 0.3) is 11.3 Å². The smallest absolute Gasteiger partial charge is 0.314 e. The Morgan fingerprint density at radius 2 is 1.75 bits per heavy atom. The first-order valence-electron chi connectivity index (χ1n) is 8.05. The van der Waals surface area contributed by atoms with Crippen LogP contribution in [0.15, 0.2) is 24.3 Å². The third-order valence-corrected chi connectivity index (χ3v) is 3.85. The summed E-state index contributed by atoms with van der Waals surface area (Å²) in [5, 5.41) is 9.90. The normalized spacial score (nSPS) is 10.9. The summed E-state index contributed by atoms with van der Waals surface area (Å²) in [5.74, 6) is -0.645. The van der Waals surface area contributed by atoms with Crippen LogP contribution < -0.4 is 0 Å². The van der Waals surface area contributed by atoms with Crippen molar-refractivity contribution in [2.45, 2.75) is 33.6 Å². The molecule has 0 saturated heterocycles. The van der Waals surface area contributed by atoms with E-state index in [1.54, 1.807) is 17.0 Å². The van der Waals surface area contributed by atoms with Crippen LogP contribution >= 0.6 is 0 Å². The molecule has 0 aliphatic heterocycles. The Balaban J connectivity index is 2.73. The second-order valence-corrected chi connectivity index (χ2v) is 5.77. The van der Waals surface area contributed by atoms with Crippen molar-refractivity contribution in [1.82, 2.24) is 14.9 Å². The van der Waals surface area contributed by atoms with Gasteiger partial charge in [0.05, 0.1) is 17.0 Å². The number of amides is 1. The van der Waals surface area contributed by atoms with Gasteiger partial charge in [-0.15, -0.1) is 0 Å². The maximum atomic E-state index is 13.2. The maximum Gasteiger partial charge on any atom is 0.314 e. The van der Waals surface area contributed by atoms with E-state index in [0.29, 0.717) is 35.6 Å². The van der Waals surface area contributed by atoms with Gasteiger partial charge < -0.3 is 10.0 Å². The standard InChI is InChI=1S/C18H22FN3O2/c1-5-22(6-2)17(23)14-15(11(3)4)20-18(24)21-16(14)12-7-9-13(19)10-8-12/h7-11H,5-6H2,1-4H3,(H,20,21,24). The van der Waals surface area contributed by atoms with Crippen LogP contribution in [-0.2, 0) is 0 Å². The fourth-order valence-electron chi connectivity index (χ4n) is 2.58.